The first-order valence-electron chi connectivity index (χ1n) is 21.4. The molecule has 1 aliphatic heterocycles. The summed E-state index contributed by atoms with van der Waals surface area (Å²) in [6.07, 6.45) is 5.71. The largest absolute Gasteiger partial charge is 0.366 e. The average molecular weight is 781 g/mol. The number of hydrogen-bond donors (Lipinski definition) is 2. The van der Waals surface area contributed by atoms with Crippen molar-refractivity contribution in [2.45, 2.75) is 24.4 Å². The van der Waals surface area contributed by atoms with E-state index in [2.05, 4.69) is 212 Å². The van der Waals surface area contributed by atoms with Crippen molar-refractivity contribution in [2.75, 3.05) is 10.6 Å². The highest BCUT2D eigenvalue weighted by Gasteiger charge is 2.50. The summed E-state index contributed by atoms with van der Waals surface area (Å²) in [4.78, 5) is 11.7. The van der Waals surface area contributed by atoms with Crippen LogP contribution in [-0.2, 0) is 11.1 Å². The molecule has 0 saturated heterocycles. The molecule has 7 aromatic carbocycles. The van der Waals surface area contributed by atoms with E-state index in [-0.39, 0.29) is 0 Å². The van der Waals surface area contributed by atoms with Gasteiger partial charge in [-0.05, 0) is 115 Å². The van der Waals surface area contributed by atoms with Crippen molar-refractivity contribution in [3.8, 4) is 33.6 Å². The Balaban J connectivity index is 1.21. The second kappa shape index (κ2) is 12.7. The molecule has 2 atom stereocenters. The molecule has 9 aromatic rings. The van der Waals surface area contributed by atoms with Crippen LogP contribution in [0.4, 0.5) is 11.4 Å². The highest BCUT2D eigenvalue weighted by Crippen LogP contribution is 2.57. The van der Waals surface area contributed by atoms with Gasteiger partial charge < -0.3 is 10.6 Å². The van der Waals surface area contributed by atoms with Gasteiger partial charge in [0.15, 0.2) is 0 Å². The molecule has 3 aliphatic carbocycles. The molecule has 0 amide bonds. The molecule has 3 heterocycles. The van der Waals surface area contributed by atoms with Crippen molar-refractivity contribution >= 4 is 38.5 Å². The molecule has 0 radical (unpaired) electrons. The van der Waals surface area contributed by atoms with Gasteiger partial charge in [-0.2, -0.15) is 0 Å². The summed E-state index contributed by atoms with van der Waals surface area (Å²) in [5.41, 5.74) is 16.0. The fourth-order valence-electron chi connectivity index (χ4n) is 11.2. The van der Waals surface area contributed by atoms with E-state index in [1.54, 1.807) is 0 Å². The van der Waals surface area contributed by atoms with E-state index < -0.39 is 11.1 Å². The van der Waals surface area contributed by atoms with Gasteiger partial charge >= 0.3 is 0 Å². The number of aromatic nitrogens is 2. The molecule has 13 rings (SSSR count). The van der Waals surface area contributed by atoms with E-state index in [4.69, 9.17) is 9.97 Å². The second-order valence-corrected chi connectivity index (χ2v) is 17.0. The van der Waals surface area contributed by atoms with Crippen LogP contribution in [0.3, 0.4) is 0 Å². The first-order chi connectivity index (χ1) is 30.1. The van der Waals surface area contributed by atoms with E-state index in [0.717, 1.165) is 73.2 Å². The lowest BCUT2D eigenvalue weighted by Gasteiger charge is -2.38. The third-order valence-electron chi connectivity index (χ3n) is 13.8. The molecule has 4 bridgehead atoms. The van der Waals surface area contributed by atoms with E-state index in [9.17, 15) is 0 Å². The third-order valence-corrected chi connectivity index (χ3v) is 13.8. The number of allylic oxidation sites excluding steroid dienone is 2. The number of benzene rings is 7. The number of pyridine rings is 2. The van der Waals surface area contributed by atoms with Crippen LogP contribution in [-0.4, -0.2) is 9.97 Å². The van der Waals surface area contributed by atoms with Crippen LogP contribution >= 0.6 is 0 Å². The first kappa shape index (κ1) is 34.3. The van der Waals surface area contributed by atoms with Crippen LogP contribution in [0.25, 0.3) is 60.8 Å². The summed E-state index contributed by atoms with van der Waals surface area (Å²) in [6, 6.07) is 66.3. The molecule has 4 heteroatoms. The zero-order valence-corrected chi connectivity index (χ0v) is 33.7. The quantitative estimate of drug-likeness (QED) is 0.161. The molecule has 0 fully saturated rings. The smallest absolute Gasteiger partial charge is 0.132 e. The minimum absolute atomic E-state index is 0.343. The lowest BCUT2D eigenvalue weighted by molar-refractivity contribution is 0.681. The van der Waals surface area contributed by atoms with Crippen molar-refractivity contribution in [3.63, 3.8) is 0 Å². The van der Waals surface area contributed by atoms with Gasteiger partial charge in [0.25, 0.3) is 0 Å². The molecule has 2 N–H and O–H groups in total. The number of anilines is 2. The Kier molecular flexibility index (Phi) is 7.16. The fourth-order valence-corrected chi connectivity index (χ4v) is 11.2. The van der Waals surface area contributed by atoms with Gasteiger partial charge in [0.1, 0.15) is 11.1 Å². The van der Waals surface area contributed by atoms with Crippen LogP contribution in [0.15, 0.2) is 200 Å². The van der Waals surface area contributed by atoms with Crippen molar-refractivity contribution in [2.24, 2.45) is 5.92 Å². The highest BCUT2D eigenvalue weighted by atomic mass is 15.1. The van der Waals surface area contributed by atoms with E-state index >= 15 is 0 Å². The zero-order chi connectivity index (χ0) is 40.3. The standard InChI is InChI=1S/C57H40N4/c1-35-15-12-26-46-53(35)42-22-8-11-25-45(42)57(46)52-30-14-28-48(59-52)54-38-18-4-2-16-36(38)31-33-49(54)60-56(43-23-9-6-20-40(43)41-21-7-10-24-44(41)56)51-29-13-27-47(58-51)55-39-19-5-3-17-37(39)32-34-50(55)61-57/h2-14,16-35,60-61H,15H2,1H3. The molecule has 2 aromatic heterocycles. The van der Waals surface area contributed by atoms with Crippen molar-refractivity contribution in [1.29, 1.82) is 0 Å². The highest BCUT2D eigenvalue weighted by molar-refractivity contribution is 6.05. The molecule has 4 aliphatic rings. The lowest BCUT2D eigenvalue weighted by Crippen LogP contribution is -2.39. The molecule has 288 valence electrons. The van der Waals surface area contributed by atoms with Crippen molar-refractivity contribution in [3.05, 3.63) is 233 Å². The van der Waals surface area contributed by atoms with Crippen LogP contribution in [0.5, 0.6) is 0 Å². The summed E-state index contributed by atoms with van der Waals surface area (Å²) in [5, 5.41) is 13.2. The van der Waals surface area contributed by atoms with Gasteiger partial charge in [0, 0.05) is 22.5 Å². The molecule has 0 saturated carbocycles. The zero-order valence-electron chi connectivity index (χ0n) is 33.7. The maximum absolute atomic E-state index is 5.88. The normalized spacial score (nSPS) is 18.7. The van der Waals surface area contributed by atoms with Gasteiger partial charge in [0.2, 0.25) is 0 Å². The molecule has 2 spiro atoms. The van der Waals surface area contributed by atoms with Crippen molar-refractivity contribution in [1.82, 2.24) is 9.97 Å². The predicted octanol–water partition coefficient (Wildman–Crippen LogP) is 13.5. The van der Waals surface area contributed by atoms with Gasteiger partial charge in [-0.15, -0.1) is 0 Å². The molecular formula is C57H40N4. The molecular weight excluding hydrogens is 741 g/mol. The Hall–Kier alpha value is -7.56. The summed E-state index contributed by atoms with van der Waals surface area (Å²) in [7, 11) is 0. The molecule has 61 heavy (non-hydrogen) atoms. The number of hydrogen-bond acceptors (Lipinski definition) is 4. The van der Waals surface area contributed by atoms with Crippen LogP contribution in [0, 0.1) is 5.92 Å². The minimum Gasteiger partial charge on any atom is -0.366 e. The third kappa shape index (κ3) is 4.65. The number of nitrogens with zero attached hydrogens (tertiary/aromatic N) is 2. The fraction of sp³-hybridized carbons (Fsp3) is 0.0877. The topological polar surface area (TPSA) is 49.8 Å². The number of nitrogens with one attached hydrogen (secondary N) is 2. The van der Waals surface area contributed by atoms with Crippen molar-refractivity contribution < 1.29 is 0 Å². The van der Waals surface area contributed by atoms with E-state index in [0.29, 0.717) is 5.92 Å². The monoisotopic (exact) mass is 780 g/mol. The second-order valence-electron chi connectivity index (χ2n) is 17.0. The summed E-state index contributed by atoms with van der Waals surface area (Å²) >= 11 is 0. The Morgan fingerprint density at radius 1 is 0.459 bits per heavy atom. The van der Waals surface area contributed by atoms with Crippen LogP contribution in [0.1, 0.15) is 47.0 Å². The van der Waals surface area contributed by atoms with Gasteiger partial charge in [-0.25, -0.2) is 9.97 Å². The first-order valence-corrected chi connectivity index (χ1v) is 21.4. The summed E-state index contributed by atoms with van der Waals surface area (Å²) in [5.74, 6) is 0.343. The number of fused-ring (bicyclic) bond motifs is 23. The Morgan fingerprint density at radius 3 is 1.52 bits per heavy atom. The Bertz CT molecular complexity index is 3350. The average Bonchev–Trinajstić information content (AvgIpc) is 3.77. The SMILES string of the molecule is CC1CC=CC2=C1c1ccccc1C21Nc2ccc3ccccc3c2-c2cccc(n2)C2(Nc3ccc4ccccc4c3-c3cccc1n3)c1ccccc1-c1ccccc12. The summed E-state index contributed by atoms with van der Waals surface area (Å²) in [6.45, 7) is 2.36. The number of rotatable bonds is 0. The molecule has 2 unspecified atom stereocenters. The lowest BCUT2D eigenvalue weighted by atomic mass is 9.79. The van der Waals surface area contributed by atoms with Gasteiger partial charge in [-0.1, -0.05) is 165 Å². The minimum atomic E-state index is -0.839. The van der Waals surface area contributed by atoms with E-state index in [1.165, 1.54) is 44.5 Å². The summed E-state index contributed by atoms with van der Waals surface area (Å²) < 4.78 is 0. The maximum Gasteiger partial charge on any atom is 0.132 e. The predicted molar refractivity (Wildman–Crippen MR) is 250 cm³/mol. The van der Waals surface area contributed by atoms with Crippen LogP contribution < -0.4 is 10.6 Å². The van der Waals surface area contributed by atoms with Gasteiger partial charge in [-0.3, -0.25) is 0 Å². The maximum atomic E-state index is 5.88. The van der Waals surface area contributed by atoms with Crippen LogP contribution in [0.2, 0.25) is 0 Å². The Morgan fingerprint density at radius 2 is 0.934 bits per heavy atom. The van der Waals surface area contributed by atoms with Gasteiger partial charge in [0.05, 0.1) is 22.8 Å². The Labute approximate surface area is 355 Å². The molecule has 4 nitrogen and oxygen atoms in total. The van der Waals surface area contributed by atoms with E-state index in [1.807, 2.05) is 0 Å².